The summed E-state index contributed by atoms with van der Waals surface area (Å²) in [5.41, 5.74) is 0.471. The van der Waals surface area contributed by atoms with E-state index in [1.54, 1.807) is 18.5 Å². The van der Waals surface area contributed by atoms with Gasteiger partial charge in [0, 0.05) is 38.6 Å². The van der Waals surface area contributed by atoms with Gasteiger partial charge in [-0.2, -0.15) is 0 Å². The molecule has 1 aliphatic heterocycles. The Labute approximate surface area is 128 Å². The molecule has 0 bridgehead atoms. The van der Waals surface area contributed by atoms with Crippen molar-refractivity contribution in [2.45, 2.75) is 6.54 Å². The van der Waals surface area contributed by atoms with Crippen LogP contribution in [0.5, 0.6) is 0 Å². The van der Waals surface area contributed by atoms with Crippen molar-refractivity contribution in [3.05, 3.63) is 53.2 Å². The highest BCUT2D eigenvalue weighted by Crippen LogP contribution is 2.17. The number of nitrogens with zero attached hydrogens (tertiary/aromatic N) is 3. The summed E-state index contributed by atoms with van der Waals surface area (Å²) in [7, 11) is 0. The van der Waals surface area contributed by atoms with Crippen LogP contribution in [0.1, 0.15) is 16.1 Å². The van der Waals surface area contributed by atoms with Crippen molar-refractivity contribution >= 4 is 17.5 Å². The Morgan fingerprint density at radius 2 is 2.10 bits per heavy atom. The number of carbonyl (C=O) groups is 1. The Morgan fingerprint density at radius 1 is 1.29 bits per heavy atom. The molecule has 0 saturated carbocycles. The third-order valence-corrected chi connectivity index (χ3v) is 3.95. The van der Waals surface area contributed by atoms with Gasteiger partial charge >= 0.3 is 0 Å². The highest BCUT2D eigenvalue weighted by Gasteiger charge is 2.23. The SMILES string of the molecule is O=C(c1cnccc1Cl)N1CCN(Cc2ccco2)CC1. The van der Waals surface area contributed by atoms with Gasteiger partial charge in [-0.3, -0.25) is 14.7 Å². The monoisotopic (exact) mass is 305 g/mol. The standard InChI is InChI=1S/C15H16ClN3O2/c16-14-3-4-17-10-13(14)15(20)19-7-5-18(6-8-19)11-12-2-1-9-21-12/h1-4,9-10H,5-8,11H2. The number of halogens is 1. The van der Waals surface area contributed by atoms with Crippen LogP contribution in [0.4, 0.5) is 0 Å². The van der Waals surface area contributed by atoms with Gasteiger partial charge in [0.1, 0.15) is 5.76 Å². The molecule has 5 nitrogen and oxygen atoms in total. The van der Waals surface area contributed by atoms with Crippen LogP contribution in [0, 0.1) is 0 Å². The van der Waals surface area contributed by atoms with E-state index in [9.17, 15) is 4.79 Å². The molecule has 1 amide bonds. The fourth-order valence-corrected chi connectivity index (χ4v) is 2.62. The van der Waals surface area contributed by atoms with Crippen molar-refractivity contribution < 1.29 is 9.21 Å². The van der Waals surface area contributed by atoms with E-state index in [0.29, 0.717) is 23.7 Å². The van der Waals surface area contributed by atoms with E-state index >= 15 is 0 Å². The number of pyridine rings is 1. The van der Waals surface area contributed by atoms with E-state index in [2.05, 4.69) is 9.88 Å². The normalized spacial score (nSPS) is 16.1. The Hall–Kier alpha value is -1.85. The fourth-order valence-electron chi connectivity index (χ4n) is 2.44. The Kier molecular flexibility index (Phi) is 4.22. The first-order valence-corrected chi connectivity index (χ1v) is 7.25. The Morgan fingerprint density at radius 3 is 2.76 bits per heavy atom. The van der Waals surface area contributed by atoms with Crippen molar-refractivity contribution in [2.75, 3.05) is 26.2 Å². The first kappa shape index (κ1) is 14.1. The maximum Gasteiger partial charge on any atom is 0.257 e. The van der Waals surface area contributed by atoms with E-state index in [-0.39, 0.29) is 5.91 Å². The maximum absolute atomic E-state index is 12.4. The number of carbonyl (C=O) groups excluding carboxylic acids is 1. The quantitative estimate of drug-likeness (QED) is 0.873. The van der Waals surface area contributed by atoms with Crippen molar-refractivity contribution in [2.24, 2.45) is 0 Å². The van der Waals surface area contributed by atoms with E-state index < -0.39 is 0 Å². The van der Waals surface area contributed by atoms with Crippen LogP contribution < -0.4 is 0 Å². The molecule has 0 atom stereocenters. The highest BCUT2D eigenvalue weighted by atomic mass is 35.5. The van der Waals surface area contributed by atoms with Gasteiger partial charge in [-0.1, -0.05) is 11.6 Å². The summed E-state index contributed by atoms with van der Waals surface area (Å²) in [4.78, 5) is 20.5. The zero-order valence-corrected chi connectivity index (χ0v) is 12.3. The van der Waals surface area contributed by atoms with E-state index in [1.165, 1.54) is 6.20 Å². The summed E-state index contributed by atoms with van der Waals surface area (Å²) in [6, 6.07) is 5.49. The van der Waals surface area contributed by atoms with Crippen molar-refractivity contribution in [1.82, 2.24) is 14.8 Å². The fraction of sp³-hybridized carbons (Fsp3) is 0.333. The average Bonchev–Trinajstić information content (AvgIpc) is 3.01. The molecule has 110 valence electrons. The predicted molar refractivity (Wildman–Crippen MR) is 79.1 cm³/mol. The van der Waals surface area contributed by atoms with Gasteiger partial charge in [0.05, 0.1) is 23.4 Å². The number of amides is 1. The first-order valence-electron chi connectivity index (χ1n) is 6.87. The third kappa shape index (κ3) is 3.25. The minimum absolute atomic E-state index is 0.0502. The van der Waals surface area contributed by atoms with Gasteiger partial charge in [-0.25, -0.2) is 0 Å². The molecule has 6 heteroatoms. The van der Waals surface area contributed by atoms with Gasteiger partial charge in [0.2, 0.25) is 0 Å². The molecule has 2 aromatic heterocycles. The third-order valence-electron chi connectivity index (χ3n) is 3.62. The molecule has 0 aromatic carbocycles. The molecule has 21 heavy (non-hydrogen) atoms. The van der Waals surface area contributed by atoms with Crippen molar-refractivity contribution in [3.63, 3.8) is 0 Å². The lowest BCUT2D eigenvalue weighted by Crippen LogP contribution is -2.48. The van der Waals surface area contributed by atoms with Crippen LogP contribution in [-0.2, 0) is 6.54 Å². The smallest absolute Gasteiger partial charge is 0.257 e. The Bertz CT molecular complexity index is 607. The van der Waals surface area contributed by atoms with Crippen LogP contribution in [0.25, 0.3) is 0 Å². The first-order chi connectivity index (χ1) is 10.2. The summed E-state index contributed by atoms with van der Waals surface area (Å²) in [5.74, 6) is 0.899. The van der Waals surface area contributed by atoms with Gasteiger partial charge in [0.25, 0.3) is 5.91 Å². The summed E-state index contributed by atoms with van der Waals surface area (Å²) in [6.07, 6.45) is 4.79. The van der Waals surface area contributed by atoms with E-state index in [4.69, 9.17) is 16.0 Å². The summed E-state index contributed by atoms with van der Waals surface area (Å²) in [5, 5.41) is 0.452. The molecule has 1 saturated heterocycles. The number of hydrogen-bond donors (Lipinski definition) is 0. The molecule has 1 fully saturated rings. The molecule has 0 radical (unpaired) electrons. The number of piperazine rings is 1. The van der Waals surface area contributed by atoms with Gasteiger partial charge in [0.15, 0.2) is 0 Å². The Balaban J connectivity index is 1.58. The number of furan rings is 1. The number of hydrogen-bond acceptors (Lipinski definition) is 4. The average molecular weight is 306 g/mol. The summed E-state index contributed by atoms with van der Waals surface area (Å²) >= 11 is 6.05. The molecule has 3 heterocycles. The minimum atomic E-state index is -0.0502. The zero-order chi connectivity index (χ0) is 14.7. The van der Waals surface area contributed by atoms with Gasteiger partial charge < -0.3 is 9.32 Å². The van der Waals surface area contributed by atoms with Crippen molar-refractivity contribution in [3.8, 4) is 0 Å². The second kappa shape index (κ2) is 6.28. The second-order valence-electron chi connectivity index (χ2n) is 5.00. The molecule has 3 rings (SSSR count). The summed E-state index contributed by atoms with van der Waals surface area (Å²) in [6.45, 7) is 3.80. The predicted octanol–water partition coefficient (Wildman–Crippen LogP) is 2.29. The van der Waals surface area contributed by atoms with E-state index in [0.717, 1.165) is 25.4 Å². The van der Waals surface area contributed by atoms with Crippen molar-refractivity contribution in [1.29, 1.82) is 0 Å². The molecular weight excluding hydrogens is 290 g/mol. The van der Waals surface area contributed by atoms with Gasteiger partial charge in [-0.05, 0) is 18.2 Å². The van der Waals surface area contributed by atoms with E-state index in [1.807, 2.05) is 17.0 Å². The molecule has 0 unspecified atom stereocenters. The lowest BCUT2D eigenvalue weighted by atomic mass is 10.2. The minimum Gasteiger partial charge on any atom is -0.468 e. The van der Waals surface area contributed by atoms with Crippen LogP contribution in [-0.4, -0.2) is 46.9 Å². The maximum atomic E-state index is 12.4. The summed E-state index contributed by atoms with van der Waals surface area (Å²) < 4.78 is 5.35. The molecular formula is C15H16ClN3O2. The number of rotatable bonds is 3. The second-order valence-corrected chi connectivity index (χ2v) is 5.41. The number of aromatic nitrogens is 1. The molecule has 1 aliphatic rings. The largest absolute Gasteiger partial charge is 0.468 e. The lowest BCUT2D eigenvalue weighted by Gasteiger charge is -2.34. The van der Waals surface area contributed by atoms with Crippen LogP contribution in [0.2, 0.25) is 5.02 Å². The molecule has 2 aromatic rings. The van der Waals surface area contributed by atoms with Crippen LogP contribution in [0.15, 0.2) is 41.3 Å². The highest BCUT2D eigenvalue weighted by molar-refractivity contribution is 6.33. The van der Waals surface area contributed by atoms with Gasteiger partial charge in [-0.15, -0.1) is 0 Å². The lowest BCUT2D eigenvalue weighted by molar-refractivity contribution is 0.0620. The van der Waals surface area contributed by atoms with Crippen LogP contribution >= 0.6 is 11.6 Å². The zero-order valence-electron chi connectivity index (χ0n) is 11.5. The molecule has 0 spiro atoms. The topological polar surface area (TPSA) is 49.6 Å². The molecule has 0 aliphatic carbocycles. The van der Waals surface area contributed by atoms with Crippen LogP contribution in [0.3, 0.4) is 0 Å². The molecule has 0 N–H and O–H groups in total.